The predicted molar refractivity (Wildman–Crippen MR) is 56.7 cm³/mol. The Bertz CT molecular complexity index is 311. The minimum Gasteiger partial charge on any atom is -0.207 e. The van der Waals surface area contributed by atoms with E-state index in [1.54, 1.807) is 12.1 Å². The van der Waals surface area contributed by atoms with E-state index in [4.69, 9.17) is 0 Å². The molecule has 1 fully saturated rings. The van der Waals surface area contributed by atoms with Crippen LogP contribution in [0.4, 0.5) is 4.39 Å². The summed E-state index contributed by atoms with van der Waals surface area (Å²) in [6.45, 7) is 4.50. The Hall–Kier alpha value is -0.850. The summed E-state index contributed by atoms with van der Waals surface area (Å²) < 4.78 is 13.4. The van der Waals surface area contributed by atoms with Gasteiger partial charge in [0.15, 0.2) is 0 Å². The van der Waals surface area contributed by atoms with E-state index in [0.717, 1.165) is 17.4 Å². The third kappa shape index (κ3) is 1.68. The number of hydrogen-bond donors (Lipinski definition) is 0. The lowest BCUT2D eigenvalue weighted by Crippen LogP contribution is -2.26. The summed E-state index contributed by atoms with van der Waals surface area (Å²) in [7, 11) is 0. The Morgan fingerprint density at radius 1 is 1.21 bits per heavy atom. The molecule has 0 N–H and O–H groups in total. The van der Waals surface area contributed by atoms with Gasteiger partial charge >= 0.3 is 0 Å². The van der Waals surface area contributed by atoms with Crippen LogP contribution in [0.3, 0.4) is 0 Å². The molecular weight excluding hydrogens is 175 g/mol. The highest BCUT2D eigenvalue weighted by atomic mass is 19.1. The molecule has 0 atom stereocenters. The van der Waals surface area contributed by atoms with Gasteiger partial charge in [-0.15, -0.1) is 0 Å². The van der Waals surface area contributed by atoms with Crippen molar-refractivity contribution in [3.05, 3.63) is 35.6 Å². The molecule has 0 bridgehead atoms. The minimum atomic E-state index is -0.0280. The average Bonchev–Trinajstić information content (AvgIpc) is 2.05. The van der Waals surface area contributed by atoms with Gasteiger partial charge in [-0.25, -0.2) is 4.39 Å². The molecule has 0 unspecified atom stereocenters. The fourth-order valence-corrected chi connectivity index (χ4v) is 2.27. The average molecular weight is 192 g/mol. The van der Waals surface area contributed by atoms with Crippen LogP contribution in [0.25, 0.3) is 0 Å². The highest BCUT2D eigenvalue weighted by Crippen LogP contribution is 2.45. The first-order valence-electron chi connectivity index (χ1n) is 5.43. The summed E-state index contributed by atoms with van der Waals surface area (Å²) in [6, 6.07) is 7.19. The highest BCUT2D eigenvalue weighted by Gasteiger charge is 2.33. The zero-order valence-electron chi connectivity index (χ0n) is 8.83. The van der Waals surface area contributed by atoms with Gasteiger partial charge in [0.25, 0.3) is 0 Å². The lowest BCUT2D eigenvalue weighted by Gasteiger charge is -2.38. The lowest BCUT2D eigenvalue weighted by molar-refractivity contribution is 0.193. The van der Waals surface area contributed by atoms with E-state index in [-0.39, 0.29) is 5.82 Å². The maximum atomic E-state index is 13.4. The van der Waals surface area contributed by atoms with Gasteiger partial charge < -0.3 is 0 Å². The van der Waals surface area contributed by atoms with Crippen molar-refractivity contribution in [1.82, 2.24) is 0 Å². The summed E-state index contributed by atoms with van der Waals surface area (Å²) in [6.07, 6.45) is 2.33. The molecule has 1 heteroatoms. The molecule has 1 aliphatic rings. The van der Waals surface area contributed by atoms with Gasteiger partial charge in [0.2, 0.25) is 0 Å². The quantitative estimate of drug-likeness (QED) is 0.665. The van der Waals surface area contributed by atoms with Crippen LogP contribution in [-0.2, 0) is 0 Å². The third-order valence-electron chi connectivity index (χ3n) is 3.46. The first-order valence-corrected chi connectivity index (χ1v) is 5.43. The van der Waals surface area contributed by atoms with E-state index in [9.17, 15) is 4.39 Å². The van der Waals surface area contributed by atoms with Crippen molar-refractivity contribution in [2.45, 2.75) is 32.6 Å². The molecule has 14 heavy (non-hydrogen) atoms. The Morgan fingerprint density at radius 2 is 1.86 bits per heavy atom. The van der Waals surface area contributed by atoms with Crippen molar-refractivity contribution in [1.29, 1.82) is 0 Å². The molecule has 0 aliphatic heterocycles. The van der Waals surface area contributed by atoms with Gasteiger partial charge in [0, 0.05) is 0 Å². The number of benzene rings is 1. The fraction of sp³-hybridized carbons (Fsp3) is 0.538. The first kappa shape index (κ1) is 9.70. The van der Waals surface area contributed by atoms with E-state index in [0.29, 0.717) is 5.92 Å². The van der Waals surface area contributed by atoms with Gasteiger partial charge in [-0.1, -0.05) is 32.0 Å². The summed E-state index contributed by atoms with van der Waals surface area (Å²) in [5.41, 5.74) is 0.921. The zero-order chi connectivity index (χ0) is 10.1. The second-order valence-electron chi connectivity index (χ2n) is 4.69. The van der Waals surface area contributed by atoms with Crippen LogP contribution in [0.1, 0.15) is 38.2 Å². The van der Waals surface area contributed by atoms with E-state index < -0.39 is 0 Å². The van der Waals surface area contributed by atoms with Gasteiger partial charge in [0.05, 0.1) is 0 Å². The molecule has 0 radical (unpaired) electrons. The summed E-state index contributed by atoms with van der Waals surface area (Å²) in [5, 5.41) is 0. The zero-order valence-corrected chi connectivity index (χ0v) is 8.83. The molecule has 1 aromatic carbocycles. The predicted octanol–water partition coefficient (Wildman–Crippen LogP) is 3.98. The van der Waals surface area contributed by atoms with Crippen molar-refractivity contribution in [3.63, 3.8) is 0 Å². The van der Waals surface area contributed by atoms with Gasteiger partial charge in [-0.2, -0.15) is 0 Å². The van der Waals surface area contributed by atoms with Crippen LogP contribution in [0.2, 0.25) is 0 Å². The van der Waals surface area contributed by atoms with Crippen molar-refractivity contribution < 1.29 is 4.39 Å². The molecule has 0 spiro atoms. The maximum absolute atomic E-state index is 13.4. The van der Waals surface area contributed by atoms with Crippen LogP contribution in [0.15, 0.2) is 24.3 Å². The number of halogens is 1. The summed E-state index contributed by atoms with van der Waals surface area (Å²) in [4.78, 5) is 0. The van der Waals surface area contributed by atoms with Crippen molar-refractivity contribution in [2.75, 3.05) is 0 Å². The van der Waals surface area contributed by atoms with Crippen LogP contribution >= 0.6 is 0 Å². The Morgan fingerprint density at radius 3 is 2.43 bits per heavy atom. The van der Waals surface area contributed by atoms with E-state index in [1.807, 2.05) is 12.1 Å². The monoisotopic (exact) mass is 192 g/mol. The number of rotatable bonds is 2. The second-order valence-corrected chi connectivity index (χ2v) is 4.69. The molecule has 76 valence electrons. The summed E-state index contributed by atoms with van der Waals surface area (Å²) in [5.74, 6) is 2.00. The lowest BCUT2D eigenvalue weighted by atomic mass is 9.67. The molecule has 1 saturated carbocycles. The van der Waals surface area contributed by atoms with E-state index >= 15 is 0 Å². The molecule has 1 aromatic rings. The van der Waals surface area contributed by atoms with Crippen LogP contribution in [0.5, 0.6) is 0 Å². The molecule has 0 amide bonds. The standard InChI is InChI=1S/C13H17F/c1-9(2)10-7-11(8-10)12-5-3-4-6-13(12)14/h3-6,9-11H,7-8H2,1-2H3/t10-,11-. The van der Waals surface area contributed by atoms with Crippen LogP contribution < -0.4 is 0 Å². The Balaban J connectivity index is 2.03. The van der Waals surface area contributed by atoms with Gasteiger partial charge in [-0.3, -0.25) is 0 Å². The minimum absolute atomic E-state index is 0.0280. The Labute approximate surface area is 85.1 Å². The Kier molecular flexibility index (Phi) is 2.58. The van der Waals surface area contributed by atoms with Gasteiger partial charge in [0.1, 0.15) is 5.82 Å². The molecule has 1 aliphatic carbocycles. The fourth-order valence-electron chi connectivity index (χ4n) is 2.27. The normalized spacial score (nSPS) is 26.3. The largest absolute Gasteiger partial charge is 0.207 e. The maximum Gasteiger partial charge on any atom is 0.126 e. The summed E-state index contributed by atoms with van der Waals surface area (Å²) >= 11 is 0. The molecular formula is C13H17F. The molecule has 0 aromatic heterocycles. The van der Waals surface area contributed by atoms with E-state index in [2.05, 4.69) is 13.8 Å². The molecule has 0 heterocycles. The highest BCUT2D eigenvalue weighted by molar-refractivity contribution is 5.24. The van der Waals surface area contributed by atoms with Crippen molar-refractivity contribution >= 4 is 0 Å². The van der Waals surface area contributed by atoms with Crippen molar-refractivity contribution in [2.24, 2.45) is 11.8 Å². The molecule has 2 rings (SSSR count). The molecule has 0 nitrogen and oxygen atoms in total. The SMILES string of the molecule is CC(C)[C@H]1C[C@H](c2ccccc2F)C1. The van der Waals surface area contributed by atoms with Gasteiger partial charge in [-0.05, 0) is 42.2 Å². The number of hydrogen-bond acceptors (Lipinski definition) is 0. The topological polar surface area (TPSA) is 0 Å². The molecule has 0 saturated heterocycles. The smallest absolute Gasteiger partial charge is 0.126 e. The third-order valence-corrected chi connectivity index (χ3v) is 3.46. The second kappa shape index (κ2) is 3.72. The first-order chi connectivity index (χ1) is 6.68. The van der Waals surface area contributed by atoms with E-state index in [1.165, 1.54) is 12.8 Å². The van der Waals surface area contributed by atoms with Crippen molar-refractivity contribution in [3.8, 4) is 0 Å². The van der Waals surface area contributed by atoms with Crippen LogP contribution in [0, 0.1) is 17.7 Å². The van der Waals surface area contributed by atoms with Crippen LogP contribution in [-0.4, -0.2) is 0 Å².